The molecule has 2 amide bonds. The lowest BCUT2D eigenvalue weighted by Crippen LogP contribution is -2.28. The molecule has 2 heterocycles. The number of thiazole rings is 2. The number of nitrogens with one attached hydrogen (secondary N) is 1. The molecule has 0 unspecified atom stereocenters. The number of fused-ring (bicyclic) bond motifs is 1. The van der Waals surface area contributed by atoms with Gasteiger partial charge in [-0.15, -0.1) is 17.9 Å². The second-order valence-electron chi connectivity index (χ2n) is 5.82. The largest absolute Gasteiger partial charge is 0.313 e. The number of allylic oxidation sites excluding steroid dienone is 1. The number of anilines is 1. The van der Waals surface area contributed by atoms with E-state index in [0.717, 1.165) is 22.7 Å². The van der Waals surface area contributed by atoms with E-state index in [1.54, 1.807) is 22.1 Å². The van der Waals surface area contributed by atoms with Crippen molar-refractivity contribution in [2.75, 3.05) is 16.8 Å². The number of halogens is 1. The van der Waals surface area contributed by atoms with E-state index in [-0.39, 0.29) is 9.93 Å². The summed E-state index contributed by atoms with van der Waals surface area (Å²) in [5.74, 6) is -3.92. The smallest absolute Gasteiger partial charge is 0.263 e. The van der Waals surface area contributed by atoms with E-state index in [9.17, 15) is 22.4 Å². The summed E-state index contributed by atoms with van der Waals surface area (Å²) in [6.07, 6.45) is 3.05. The molecular formula is C17H15FN4O4S3. The zero-order valence-electron chi connectivity index (χ0n) is 14.9. The van der Waals surface area contributed by atoms with Crippen LogP contribution in [0.5, 0.6) is 0 Å². The highest BCUT2D eigenvalue weighted by atomic mass is 32.2. The van der Waals surface area contributed by atoms with Gasteiger partial charge in [0, 0.05) is 18.1 Å². The number of nitrogens with zero attached hydrogens (tertiary/aromatic N) is 3. The van der Waals surface area contributed by atoms with Gasteiger partial charge in [-0.3, -0.25) is 9.59 Å². The van der Waals surface area contributed by atoms with Crippen LogP contribution in [-0.4, -0.2) is 41.3 Å². The zero-order chi connectivity index (χ0) is 21.0. The topological polar surface area (TPSA) is 110 Å². The predicted molar refractivity (Wildman–Crippen MR) is 110 cm³/mol. The number of rotatable bonds is 7. The van der Waals surface area contributed by atoms with Gasteiger partial charge >= 0.3 is 0 Å². The molecular weight excluding hydrogens is 439 g/mol. The van der Waals surface area contributed by atoms with Crippen LogP contribution in [0, 0.1) is 5.82 Å². The summed E-state index contributed by atoms with van der Waals surface area (Å²) in [5.41, 5.74) is 0.647. The van der Waals surface area contributed by atoms with Crippen molar-refractivity contribution in [3.8, 4) is 0 Å². The molecule has 0 saturated carbocycles. The Morgan fingerprint density at radius 1 is 1.34 bits per heavy atom. The number of carbonyl (C=O) groups is 2. The molecule has 0 atom stereocenters. The summed E-state index contributed by atoms with van der Waals surface area (Å²) in [4.78, 5) is 32.0. The fourth-order valence-corrected chi connectivity index (χ4v) is 5.10. The normalized spacial score (nSPS) is 12.2. The lowest BCUT2D eigenvalue weighted by atomic mass is 10.3. The van der Waals surface area contributed by atoms with Crippen molar-refractivity contribution < 1.29 is 22.4 Å². The van der Waals surface area contributed by atoms with Crippen molar-refractivity contribution in [2.24, 2.45) is 4.99 Å². The van der Waals surface area contributed by atoms with Gasteiger partial charge < -0.3 is 9.88 Å². The highest BCUT2D eigenvalue weighted by Crippen LogP contribution is 2.18. The number of carbonyl (C=O) groups excluding carboxylic acids is 2. The fourth-order valence-electron chi connectivity index (χ4n) is 2.46. The van der Waals surface area contributed by atoms with Crippen molar-refractivity contribution in [2.45, 2.75) is 6.54 Å². The summed E-state index contributed by atoms with van der Waals surface area (Å²) in [6.45, 7) is 3.95. The number of hydrogen-bond donors (Lipinski definition) is 1. The Labute approximate surface area is 173 Å². The van der Waals surface area contributed by atoms with Crippen molar-refractivity contribution in [3.63, 3.8) is 0 Å². The predicted octanol–water partition coefficient (Wildman–Crippen LogP) is 1.97. The summed E-state index contributed by atoms with van der Waals surface area (Å²) in [5, 5.41) is 4.24. The molecule has 1 N–H and O–H groups in total. The molecule has 0 aliphatic rings. The van der Waals surface area contributed by atoms with Crippen molar-refractivity contribution in [1.29, 1.82) is 0 Å². The van der Waals surface area contributed by atoms with Gasteiger partial charge in [0.15, 0.2) is 19.8 Å². The Morgan fingerprint density at radius 2 is 2.14 bits per heavy atom. The first kappa shape index (κ1) is 21.0. The monoisotopic (exact) mass is 454 g/mol. The number of sulfone groups is 1. The third kappa shape index (κ3) is 5.43. The number of benzene rings is 1. The van der Waals surface area contributed by atoms with Crippen LogP contribution in [0.15, 0.2) is 47.4 Å². The maximum absolute atomic E-state index is 13.5. The van der Waals surface area contributed by atoms with Crippen molar-refractivity contribution >= 4 is 59.7 Å². The summed E-state index contributed by atoms with van der Waals surface area (Å²) in [6, 6.07) is 4.14. The number of aromatic nitrogens is 2. The molecule has 3 rings (SSSR count). The first-order valence-corrected chi connectivity index (χ1v) is 11.7. The molecule has 29 heavy (non-hydrogen) atoms. The minimum atomic E-state index is -4.03. The number of hydrogen-bond acceptors (Lipinski definition) is 7. The van der Waals surface area contributed by atoms with Gasteiger partial charge in [0.05, 0.1) is 10.2 Å². The highest BCUT2D eigenvalue weighted by molar-refractivity contribution is 7.92. The summed E-state index contributed by atoms with van der Waals surface area (Å²) >= 11 is 2.20. The third-order valence-corrected chi connectivity index (χ3v) is 6.67. The van der Waals surface area contributed by atoms with E-state index in [4.69, 9.17) is 0 Å². The van der Waals surface area contributed by atoms with Crippen molar-refractivity contribution in [3.05, 3.63) is 53.0 Å². The molecule has 0 bridgehead atoms. The lowest BCUT2D eigenvalue weighted by molar-refractivity contribution is -0.115. The molecule has 0 aliphatic carbocycles. The first-order valence-electron chi connectivity index (χ1n) is 8.14. The van der Waals surface area contributed by atoms with Gasteiger partial charge in [0.2, 0.25) is 5.91 Å². The Morgan fingerprint density at radius 3 is 2.83 bits per heavy atom. The summed E-state index contributed by atoms with van der Waals surface area (Å²) in [7, 11) is -4.03. The summed E-state index contributed by atoms with van der Waals surface area (Å²) < 4.78 is 40.0. The van der Waals surface area contributed by atoms with E-state index in [1.165, 1.54) is 18.3 Å². The molecule has 152 valence electrons. The van der Waals surface area contributed by atoms with E-state index in [0.29, 0.717) is 16.8 Å². The molecule has 0 aliphatic heterocycles. The molecule has 0 saturated heterocycles. The zero-order valence-corrected chi connectivity index (χ0v) is 17.3. The van der Waals surface area contributed by atoms with Gasteiger partial charge in [-0.1, -0.05) is 17.4 Å². The van der Waals surface area contributed by atoms with Crippen LogP contribution < -0.4 is 10.1 Å². The van der Waals surface area contributed by atoms with E-state index < -0.39 is 39.0 Å². The Bertz CT molecular complexity index is 1240. The lowest BCUT2D eigenvalue weighted by Gasteiger charge is -2.03. The van der Waals surface area contributed by atoms with E-state index in [1.807, 2.05) is 0 Å². The quantitative estimate of drug-likeness (QED) is 0.549. The third-order valence-electron chi connectivity index (χ3n) is 3.55. The van der Waals surface area contributed by atoms with Crippen LogP contribution in [0.25, 0.3) is 10.2 Å². The first-order chi connectivity index (χ1) is 13.8. The second-order valence-corrected chi connectivity index (χ2v) is 9.79. The molecule has 8 nitrogen and oxygen atoms in total. The maximum atomic E-state index is 13.5. The maximum Gasteiger partial charge on any atom is 0.263 e. The van der Waals surface area contributed by atoms with Crippen LogP contribution in [-0.2, 0) is 26.0 Å². The van der Waals surface area contributed by atoms with Gasteiger partial charge in [-0.2, -0.15) is 4.99 Å². The molecule has 12 heteroatoms. The van der Waals surface area contributed by atoms with Crippen molar-refractivity contribution in [1.82, 2.24) is 9.55 Å². The molecule has 1 aromatic carbocycles. The van der Waals surface area contributed by atoms with E-state index in [2.05, 4.69) is 21.9 Å². The second kappa shape index (κ2) is 8.76. The SMILES string of the molecule is C=CCn1c(=NC(=O)CS(=O)(=O)CC(=O)Nc2nccs2)sc2cc(F)ccc21. The molecule has 0 fully saturated rings. The standard InChI is InChI=1S/C17H15FN4O4S3/c1-2-6-22-12-4-3-11(18)8-13(12)28-17(22)21-15(24)10-29(25,26)9-14(23)20-16-19-5-7-27-16/h2-5,7-8H,1,6,9-10H2,(H,19,20,23). The van der Waals surface area contributed by atoms with Gasteiger partial charge in [-0.25, -0.2) is 17.8 Å². The minimum absolute atomic E-state index is 0.220. The van der Waals surface area contributed by atoms with Crippen LogP contribution >= 0.6 is 22.7 Å². The average molecular weight is 455 g/mol. The fraction of sp³-hybridized carbons (Fsp3) is 0.176. The highest BCUT2D eigenvalue weighted by Gasteiger charge is 2.21. The Balaban J connectivity index is 1.79. The van der Waals surface area contributed by atoms with Gasteiger partial charge in [0.1, 0.15) is 17.3 Å². The van der Waals surface area contributed by atoms with Crippen LogP contribution in [0.4, 0.5) is 9.52 Å². The molecule has 0 spiro atoms. The van der Waals surface area contributed by atoms with Gasteiger partial charge in [0.25, 0.3) is 5.91 Å². The molecule has 3 aromatic rings. The molecule has 2 aromatic heterocycles. The van der Waals surface area contributed by atoms with E-state index >= 15 is 0 Å². The van der Waals surface area contributed by atoms with Gasteiger partial charge in [-0.05, 0) is 18.2 Å². The Hall–Kier alpha value is -2.70. The number of amides is 2. The minimum Gasteiger partial charge on any atom is -0.313 e. The Kier molecular flexibility index (Phi) is 6.35. The average Bonchev–Trinajstić information content (AvgIpc) is 3.22. The van der Waals surface area contributed by atoms with Crippen LogP contribution in [0.1, 0.15) is 0 Å². The van der Waals surface area contributed by atoms with Crippen LogP contribution in [0.3, 0.4) is 0 Å². The molecule has 0 radical (unpaired) electrons. The van der Waals surface area contributed by atoms with Crippen LogP contribution in [0.2, 0.25) is 0 Å².